The van der Waals surface area contributed by atoms with Crippen LogP contribution >= 0.6 is 0 Å². The first kappa shape index (κ1) is 86.9. The molecule has 109 heavy (non-hydrogen) atoms. The lowest BCUT2D eigenvalue weighted by molar-refractivity contribution is -0.140. The second-order valence-corrected chi connectivity index (χ2v) is 27.9. The van der Waals surface area contributed by atoms with E-state index in [1.165, 1.54) is 121 Å². The van der Waals surface area contributed by atoms with Gasteiger partial charge in [0.2, 0.25) is 0 Å². The molecule has 3 aliphatic rings. The number of benzene rings is 9. The minimum atomic E-state index is -0.243. The number of piperazine rings is 2. The number of methoxy groups -OCH3 is 1. The van der Waals surface area contributed by atoms with Crippen molar-refractivity contribution in [3.05, 3.63) is 374 Å². The molecule has 0 N–H and O–H groups in total. The van der Waals surface area contributed by atoms with Crippen LogP contribution in [-0.4, -0.2) is 171 Å². The number of hydrogen-bond donors (Lipinski definition) is 0. The third kappa shape index (κ3) is 32.4. The number of halogens is 3. The number of nitrogens with zero attached hydrogens (tertiary/aromatic N) is 8. The van der Waals surface area contributed by atoms with Crippen molar-refractivity contribution in [2.75, 3.05) is 125 Å². The van der Waals surface area contributed by atoms with E-state index in [0.29, 0.717) is 19.0 Å². The van der Waals surface area contributed by atoms with Crippen LogP contribution in [0.15, 0.2) is 313 Å². The molecule has 9 aromatic rings. The predicted molar refractivity (Wildman–Crippen MR) is 452 cm³/mol. The van der Waals surface area contributed by atoms with Crippen LogP contribution < -0.4 is 0 Å². The van der Waals surface area contributed by atoms with Crippen LogP contribution in [-0.2, 0) is 35.7 Å². The van der Waals surface area contributed by atoms with Gasteiger partial charge in [-0.1, -0.05) is 249 Å². The summed E-state index contributed by atoms with van der Waals surface area (Å²) >= 11 is 0. The van der Waals surface area contributed by atoms with E-state index in [0.717, 1.165) is 141 Å². The Morgan fingerprint density at radius 1 is 0.394 bits per heavy atom. The number of fused-ring (bicyclic) bond motifs is 1. The maximum atomic E-state index is 13.3. The zero-order valence-corrected chi connectivity index (χ0v) is 65.0. The third-order valence-electron chi connectivity index (χ3n) is 19.4. The van der Waals surface area contributed by atoms with Gasteiger partial charge in [0.25, 0.3) is 0 Å². The summed E-state index contributed by atoms with van der Waals surface area (Å²) in [5.74, 6) is -0.912. The van der Waals surface area contributed by atoms with E-state index in [1.54, 1.807) is 12.1 Å². The zero-order chi connectivity index (χ0) is 77.5. The van der Waals surface area contributed by atoms with E-state index in [9.17, 15) is 18.0 Å². The molecule has 0 bridgehead atoms. The molecule has 0 spiro atoms. The van der Waals surface area contributed by atoms with Gasteiger partial charge in [0, 0.05) is 124 Å². The fourth-order valence-electron chi connectivity index (χ4n) is 13.9. The van der Waals surface area contributed by atoms with Crippen molar-refractivity contribution in [1.82, 2.24) is 39.2 Å². The Morgan fingerprint density at radius 3 is 1.19 bits per heavy atom. The lowest BCUT2D eigenvalue weighted by Gasteiger charge is -2.39. The molecule has 0 radical (unpaired) electrons. The number of likely N-dealkylation sites (N-methyl/N-ethyl adjacent to an activating group) is 1. The standard InChI is InChI=1S/C20H22F2N2.C20H24N2.C17H19N.C15H20FNO2.C15H17N.C9H17N/c1-2-11-23-12-14-24(15-13-23)20(16-3-7-18(21)8-4-16)17-5-9-19(22)10-6-17;1-2-13-21-14-16-22(17-15-21)20(18-9-5-3-6-10-18)19-11-7-4-8-12-19;1-2-13-18(14-16-9-5-3-6-10-16)15-17-11-7-4-8-12-17;1-3-10-17(11-4-5-15(18)19-2)12-13-6-8-14(16)9-7-13;1-3-11-16(2)12-14-9-6-8-13-7-4-5-10-15(13)14;1-2-7-10-8-5-3-4-6-9-10/h2-10,20H,1,11-15H2;2-12,20H,1,13-17H2;2-12H,1,13-15H2;3,6-9H,1,4-5,10-12H2,2H3;3-10H,1,11-12H2,2H3;2H,1,3-9H2. The molecule has 0 aromatic heterocycles. The monoisotopic (exact) mass is 1470 g/mol. The van der Waals surface area contributed by atoms with Gasteiger partial charge < -0.3 is 4.74 Å². The summed E-state index contributed by atoms with van der Waals surface area (Å²) in [4.78, 5) is 30.1. The first-order valence-electron chi connectivity index (χ1n) is 38.7. The van der Waals surface area contributed by atoms with Gasteiger partial charge >= 0.3 is 5.97 Å². The SMILES string of the molecule is C=CCN(C)Cc1cccc2ccccc12.C=CCN(CCCC(=O)OC)Cc1ccc(F)cc1.C=CCN(Cc1ccccc1)Cc1ccccc1.C=CCN1CCCCCC1.C=CCN1CCN(C(c2ccc(F)cc2)c2ccc(F)cc2)CC1.C=CCN1CCN(C(c2ccccc2)c2ccccc2)CC1. The average molecular weight is 1470 g/mol. The highest BCUT2D eigenvalue weighted by Gasteiger charge is 2.28. The summed E-state index contributed by atoms with van der Waals surface area (Å²) in [5, 5.41) is 2.66. The average Bonchev–Trinajstić information content (AvgIpc) is 0.933. The van der Waals surface area contributed by atoms with Gasteiger partial charge in [0.05, 0.1) is 19.2 Å². The van der Waals surface area contributed by atoms with Crippen LogP contribution in [0.1, 0.15) is 95.1 Å². The molecule has 0 saturated carbocycles. The van der Waals surface area contributed by atoms with Gasteiger partial charge in [0.1, 0.15) is 17.5 Å². The molecule has 3 aliphatic heterocycles. The smallest absolute Gasteiger partial charge is 0.305 e. The van der Waals surface area contributed by atoms with Gasteiger partial charge in [-0.15, -0.1) is 39.5 Å². The summed E-state index contributed by atoms with van der Waals surface area (Å²) in [6, 6.07) is 77.9. The van der Waals surface area contributed by atoms with E-state index in [4.69, 9.17) is 0 Å². The van der Waals surface area contributed by atoms with Gasteiger partial charge in [-0.05, 0) is 138 Å². The van der Waals surface area contributed by atoms with Crippen molar-refractivity contribution in [3.8, 4) is 0 Å². The fraction of sp³-hybridized carbons (Fsp3) is 0.323. The summed E-state index contributed by atoms with van der Waals surface area (Å²) in [6.45, 7) is 43.4. The Bertz CT molecular complexity index is 3840. The number of esters is 1. The topological polar surface area (TPSA) is 52.2 Å². The molecule has 3 heterocycles. The molecule has 9 aromatic carbocycles. The van der Waals surface area contributed by atoms with Crippen molar-refractivity contribution in [3.63, 3.8) is 0 Å². The molecule has 12 rings (SSSR count). The molecule has 0 amide bonds. The Balaban J connectivity index is 0.000000185. The highest BCUT2D eigenvalue weighted by Crippen LogP contribution is 2.32. The van der Waals surface area contributed by atoms with Crippen molar-refractivity contribution < 1.29 is 22.7 Å². The van der Waals surface area contributed by atoms with Crippen LogP contribution in [0.3, 0.4) is 0 Å². The molecule has 0 aliphatic carbocycles. The highest BCUT2D eigenvalue weighted by molar-refractivity contribution is 5.85. The minimum absolute atomic E-state index is 0.0112. The summed E-state index contributed by atoms with van der Waals surface area (Å²) in [5.41, 5.74) is 9.92. The first-order chi connectivity index (χ1) is 53.3. The van der Waals surface area contributed by atoms with Crippen LogP contribution in [0, 0.1) is 17.5 Å². The van der Waals surface area contributed by atoms with Gasteiger partial charge in [-0.25, -0.2) is 13.2 Å². The van der Waals surface area contributed by atoms with Gasteiger partial charge in [-0.2, -0.15) is 0 Å². The Morgan fingerprint density at radius 2 is 0.761 bits per heavy atom. The number of likely N-dealkylation sites (tertiary alicyclic amines) is 1. The second-order valence-electron chi connectivity index (χ2n) is 27.9. The van der Waals surface area contributed by atoms with Crippen molar-refractivity contribution in [1.29, 1.82) is 0 Å². The van der Waals surface area contributed by atoms with E-state index >= 15 is 0 Å². The lowest BCUT2D eigenvalue weighted by atomic mass is 9.96. The Kier molecular flexibility index (Phi) is 40.7. The van der Waals surface area contributed by atoms with Crippen LogP contribution in [0.5, 0.6) is 0 Å². The molecule has 576 valence electrons. The normalized spacial score (nSPS) is 14.2. The van der Waals surface area contributed by atoms with E-state index in [2.05, 4.69) is 254 Å². The van der Waals surface area contributed by atoms with Crippen LogP contribution in [0.2, 0.25) is 0 Å². The first-order valence-corrected chi connectivity index (χ1v) is 38.7. The lowest BCUT2D eigenvalue weighted by Crippen LogP contribution is -2.47. The van der Waals surface area contributed by atoms with Crippen LogP contribution in [0.4, 0.5) is 13.2 Å². The molecule has 3 saturated heterocycles. The van der Waals surface area contributed by atoms with Crippen molar-refractivity contribution in [2.45, 2.75) is 76.8 Å². The number of ether oxygens (including phenoxy) is 1. The fourth-order valence-corrected chi connectivity index (χ4v) is 13.9. The van der Waals surface area contributed by atoms with Crippen molar-refractivity contribution >= 4 is 16.7 Å². The quantitative estimate of drug-likeness (QED) is 0.0321. The molecule has 3 fully saturated rings. The van der Waals surface area contributed by atoms with Gasteiger partial charge in [0.15, 0.2) is 0 Å². The van der Waals surface area contributed by atoms with Crippen LogP contribution in [0.25, 0.3) is 10.8 Å². The predicted octanol–water partition coefficient (Wildman–Crippen LogP) is 19.6. The maximum absolute atomic E-state index is 13.3. The molecular formula is C96H119F3N8O2. The number of carbonyl (C=O) groups excluding carboxylic acids is 1. The number of hydrogen-bond acceptors (Lipinski definition) is 10. The number of carbonyl (C=O) groups is 1. The zero-order valence-electron chi connectivity index (χ0n) is 65.0. The molecule has 0 unspecified atom stereocenters. The largest absolute Gasteiger partial charge is 0.469 e. The number of rotatable bonds is 30. The molecule has 13 heteroatoms. The molecule has 10 nitrogen and oxygen atoms in total. The summed E-state index contributed by atoms with van der Waals surface area (Å²) in [7, 11) is 3.51. The molecule has 0 atom stereocenters. The highest BCUT2D eigenvalue weighted by atomic mass is 19.1. The summed E-state index contributed by atoms with van der Waals surface area (Å²) < 4.78 is 44.0. The van der Waals surface area contributed by atoms with E-state index < -0.39 is 0 Å². The van der Waals surface area contributed by atoms with E-state index in [1.807, 2.05) is 60.7 Å². The molecular weight excluding hydrogens is 1350 g/mol. The van der Waals surface area contributed by atoms with E-state index in [-0.39, 0.29) is 29.5 Å². The van der Waals surface area contributed by atoms with Crippen molar-refractivity contribution in [2.24, 2.45) is 0 Å². The van der Waals surface area contributed by atoms with Gasteiger partial charge in [-0.3, -0.25) is 44.0 Å². The Hall–Kier alpha value is -9.38. The maximum Gasteiger partial charge on any atom is 0.305 e. The third-order valence-corrected chi connectivity index (χ3v) is 19.4. The minimum Gasteiger partial charge on any atom is -0.469 e. The second kappa shape index (κ2) is 51.1. The Labute approximate surface area is 651 Å². The summed E-state index contributed by atoms with van der Waals surface area (Å²) in [6.07, 6.45) is 18.4.